The van der Waals surface area contributed by atoms with Crippen LogP contribution in [0.2, 0.25) is 0 Å². The third-order valence-corrected chi connectivity index (χ3v) is 2.58. The van der Waals surface area contributed by atoms with Gasteiger partial charge >= 0.3 is 5.97 Å². The summed E-state index contributed by atoms with van der Waals surface area (Å²) in [5, 5.41) is 10.8. The van der Waals surface area contributed by atoms with E-state index in [1.165, 1.54) is 0 Å². The predicted molar refractivity (Wildman–Crippen MR) is 77.9 cm³/mol. The van der Waals surface area contributed by atoms with Gasteiger partial charge in [0.15, 0.2) is 0 Å². The van der Waals surface area contributed by atoms with Crippen LogP contribution in [-0.4, -0.2) is 34.7 Å². The number of aliphatic carboxylic acids is 1. The number of carboxylic acids is 1. The van der Waals surface area contributed by atoms with Crippen LogP contribution in [0.4, 0.5) is 5.69 Å². The smallest absolute Gasteiger partial charge is 0.322 e. The van der Waals surface area contributed by atoms with Crippen LogP contribution in [0.1, 0.15) is 15.9 Å². The molecular weight excluding hydrogens is 270 g/mol. The molecule has 2 N–H and O–H groups in total. The molecule has 1 amide bonds. The number of carbonyl (C=O) groups excluding carboxylic acids is 1. The van der Waals surface area contributed by atoms with Gasteiger partial charge in [-0.3, -0.25) is 19.6 Å². The maximum atomic E-state index is 11.6. The van der Waals surface area contributed by atoms with Crippen LogP contribution in [-0.2, 0) is 4.79 Å². The van der Waals surface area contributed by atoms with E-state index in [2.05, 4.69) is 15.3 Å². The molecule has 0 radical (unpaired) electrons. The van der Waals surface area contributed by atoms with Crippen LogP contribution in [0.25, 0.3) is 0 Å². The van der Waals surface area contributed by atoms with Gasteiger partial charge in [0.05, 0.1) is 5.69 Å². The van der Waals surface area contributed by atoms with Gasteiger partial charge < -0.3 is 10.4 Å². The largest absolute Gasteiger partial charge is 0.480 e. The van der Waals surface area contributed by atoms with E-state index in [9.17, 15) is 9.59 Å². The lowest BCUT2D eigenvalue weighted by atomic mass is 10.2. The van der Waals surface area contributed by atoms with Crippen LogP contribution in [0.3, 0.4) is 0 Å². The SMILES string of the molecule is O=C(O)CNC(=O)c1ccc(N=Cc2cccnc2)cc1. The van der Waals surface area contributed by atoms with Crippen LogP contribution in [0, 0.1) is 0 Å². The summed E-state index contributed by atoms with van der Waals surface area (Å²) >= 11 is 0. The standard InChI is InChI=1S/C15H13N3O3/c19-14(20)10-18-15(21)12-3-5-13(6-4-12)17-9-11-2-1-7-16-8-11/h1-9H,10H2,(H,18,21)(H,19,20). The molecule has 2 rings (SSSR count). The van der Waals surface area contributed by atoms with E-state index in [4.69, 9.17) is 5.11 Å². The Morgan fingerprint density at radius 2 is 2.00 bits per heavy atom. The lowest BCUT2D eigenvalue weighted by Gasteiger charge is -2.02. The number of nitrogens with zero attached hydrogens (tertiary/aromatic N) is 2. The lowest BCUT2D eigenvalue weighted by Crippen LogP contribution is -2.29. The van der Waals surface area contributed by atoms with Gasteiger partial charge in [-0.15, -0.1) is 0 Å². The summed E-state index contributed by atoms with van der Waals surface area (Å²) in [5.41, 5.74) is 1.95. The zero-order valence-corrected chi connectivity index (χ0v) is 11.1. The average Bonchev–Trinajstić information content (AvgIpc) is 2.52. The summed E-state index contributed by atoms with van der Waals surface area (Å²) < 4.78 is 0. The number of pyridine rings is 1. The minimum atomic E-state index is -1.08. The number of benzene rings is 1. The summed E-state index contributed by atoms with van der Waals surface area (Å²) in [7, 11) is 0. The number of aliphatic imine (C=N–C) groups is 1. The Morgan fingerprint density at radius 1 is 1.24 bits per heavy atom. The van der Waals surface area contributed by atoms with Gasteiger partial charge in [0, 0.05) is 29.7 Å². The first-order valence-corrected chi connectivity index (χ1v) is 6.19. The lowest BCUT2D eigenvalue weighted by molar-refractivity contribution is -0.135. The van der Waals surface area contributed by atoms with Crippen molar-refractivity contribution < 1.29 is 14.7 Å². The normalized spacial score (nSPS) is 10.5. The van der Waals surface area contributed by atoms with E-state index in [1.807, 2.05) is 12.1 Å². The van der Waals surface area contributed by atoms with Gasteiger partial charge in [0.25, 0.3) is 5.91 Å². The molecule has 0 unspecified atom stereocenters. The predicted octanol–water partition coefficient (Wildman–Crippen LogP) is 1.65. The highest BCUT2D eigenvalue weighted by Gasteiger charge is 2.06. The second-order valence-corrected chi connectivity index (χ2v) is 4.17. The van der Waals surface area contributed by atoms with Crippen molar-refractivity contribution in [1.29, 1.82) is 0 Å². The second-order valence-electron chi connectivity index (χ2n) is 4.17. The van der Waals surface area contributed by atoms with Gasteiger partial charge in [0.1, 0.15) is 6.54 Å². The van der Waals surface area contributed by atoms with Crippen molar-refractivity contribution in [1.82, 2.24) is 10.3 Å². The Bertz CT molecular complexity index is 652. The highest BCUT2D eigenvalue weighted by molar-refractivity contribution is 5.96. The van der Waals surface area contributed by atoms with Crippen molar-refractivity contribution in [3.63, 3.8) is 0 Å². The number of amides is 1. The molecule has 2 aromatic rings. The highest BCUT2D eigenvalue weighted by atomic mass is 16.4. The number of carbonyl (C=O) groups is 2. The zero-order valence-electron chi connectivity index (χ0n) is 11.1. The Balaban J connectivity index is 2.00. The molecule has 21 heavy (non-hydrogen) atoms. The minimum Gasteiger partial charge on any atom is -0.480 e. The monoisotopic (exact) mass is 283 g/mol. The molecular formula is C15H13N3O3. The van der Waals surface area contributed by atoms with E-state index >= 15 is 0 Å². The fourth-order valence-electron chi connectivity index (χ4n) is 1.56. The Hall–Kier alpha value is -3.02. The maximum Gasteiger partial charge on any atom is 0.322 e. The molecule has 1 aromatic carbocycles. The molecule has 0 aliphatic carbocycles. The second kappa shape index (κ2) is 6.95. The van der Waals surface area contributed by atoms with Crippen LogP contribution in [0.15, 0.2) is 53.8 Å². The van der Waals surface area contributed by atoms with Crippen LogP contribution >= 0.6 is 0 Å². The molecule has 6 nitrogen and oxygen atoms in total. The fraction of sp³-hybridized carbons (Fsp3) is 0.0667. The van der Waals surface area contributed by atoms with Crippen LogP contribution in [0.5, 0.6) is 0 Å². The van der Waals surface area contributed by atoms with Gasteiger partial charge in [-0.1, -0.05) is 6.07 Å². The molecule has 0 aliphatic rings. The number of rotatable bonds is 5. The first-order chi connectivity index (χ1) is 10.1. The Labute approximate surface area is 121 Å². The van der Waals surface area contributed by atoms with Crippen molar-refractivity contribution >= 4 is 23.8 Å². The van der Waals surface area contributed by atoms with Crippen LogP contribution < -0.4 is 5.32 Å². The summed E-state index contributed by atoms with van der Waals surface area (Å²) in [6, 6.07) is 10.2. The minimum absolute atomic E-state index is 0.386. The topological polar surface area (TPSA) is 91.7 Å². The van der Waals surface area contributed by atoms with E-state index in [0.29, 0.717) is 11.3 Å². The number of hydrogen-bond acceptors (Lipinski definition) is 4. The molecule has 6 heteroatoms. The van der Waals surface area contributed by atoms with Crippen molar-refractivity contribution in [3.8, 4) is 0 Å². The third kappa shape index (κ3) is 4.54. The van der Waals surface area contributed by atoms with Gasteiger partial charge in [0.2, 0.25) is 0 Å². The first-order valence-electron chi connectivity index (χ1n) is 6.19. The quantitative estimate of drug-likeness (QED) is 0.816. The van der Waals surface area contributed by atoms with E-state index in [0.717, 1.165) is 5.56 Å². The molecule has 106 valence electrons. The molecule has 0 aliphatic heterocycles. The molecule has 0 saturated carbocycles. The first kappa shape index (κ1) is 14.4. The molecule has 0 bridgehead atoms. The average molecular weight is 283 g/mol. The molecule has 0 spiro atoms. The fourth-order valence-corrected chi connectivity index (χ4v) is 1.56. The number of hydrogen-bond donors (Lipinski definition) is 2. The van der Waals surface area contributed by atoms with Crippen molar-refractivity contribution in [3.05, 3.63) is 59.9 Å². The van der Waals surface area contributed by atoms with E-state index in [-0.39, 0.29) is 0 Å². The van der Waals surface area contributed by atoms with Crippen molar-refractivity contribution in [2.24, 2.45) is 4.99 Å². The highest BCUT2D eigenvalue weighted by Crippen LogP contribution is 2.13. The molecule has 0 atom stereocenters. The summed E-state index contributed by atoms with van der Waals surface area (Å²) in [5.74, 6) is -1.51. The number of nitrogens with one attached hydrogen (secondary N) is 1. The maximum absolute atomic E-state index is 11.6. The summed E-state index contributed by atoms with van der Waals surface area (Å²) in [6.45, 7) is -0.403. The number of carboxylic acid groups (broad SMARTS) is 1. The zero-order chi connectivity index (χ0) is 15.1. The van der Waals surface area contributed by atoms with Crippen molar-refractivity contribution in [2.45, 2.75) is 0 Å². The summed E-state index contributed by atoms with van der Waals surface area (Å²) in [4.78, 5) is 30.2. The van der Waals surface area contributed by atoms with E-state index in [1.54, 1.807) is 42.9 Å². The van der Waals surface area contributed by atoms with Crippen molar-refractivity contribution in [2.75, 3.05) is 6.54 Å². The molecule has 1 aromatic heterocycles. The van der Waals surface area contributed by atoms with E-state index < -0.39 is 18.4 Å². The molecule has 0 saturated heterocycles. The Kier molecular flexibility index (Phi) is 4.76. The molecule has 0 fully saturated rings. The van der Waals surface area contributed by atoms with Gasteiger partial charge in [-0.05, 0) is 30.3 Å². The third-order valence-electron chi connectivity index (χ3n) is 2.58. The summed E-state index contributed by atoms with van der Waals surface area (Å²) in [6.07, 6.45) is 5.05. The van der Waals surface area contributed by atoms with Gasteiger partial charge in [-0.2, -0.15) is 0 Å². The molecule has 1 heterocycles. The number of aromatic nitrogens is 1. The Morgan fingerprint density at radius 3 is 2.62 bits per heavy atom. The van der Waals surface area contributed by atoms with Gasteiger partial charge in [-0.25, -0.2) is 0 Å².